The van der Waals surface area contributed by atoms with Gasteiger partial charge >= 0.3 is 5.97 Å². The SMILES string of the molecule is COC(=O)[C@H]1C[C@@H](C(=O)N(C)OC)N(S(=O)(=O)c2ccc(C)cc2)[C@H]1c1cn(S(C)(=O)=O)c2ccccc12. The van der Waals surface area contributed by atoms with Gasteiger partial charge in [-0.3, -0.25) is 14.4 Å². The van der Waals surface area contributed by atoms with E-state index in [0.29, 0.717) is 10.9 Å². The minimum absolute atomic E-state index is 0.0802. The predicted octanol–water partition coefficient (Wildman–Crippen LogP) is 2.07. The molecule has 0 radical (unpaired) electrons. The normalized spacial score (nSPS) is 20.5. The molecule has 2 heterocycles. The van der Waals surface area contributed by atoms with Crippen LogP contribution in [0.3, 0.4) is 0 Å². The number of hydroxylamine groups is 2. The number of nitrogens with zero attached hydrogens (tertiary/aromatic N) is 3. The van der Waals surface area contributed by atoms with Crippen LogP contribution in [0.25, 0.3) is 10.9 Å². The zero-order valence-electron chi connectivity index (χ0n) is 21.6. The maximum absolute atomic E-state index is 14.2. The predicted molar refractivity (Wildman–Crippen MR) is 139 cm³/mol. The maximum Gasteiger partial charge on any atom is 0.310 e. The number of aromatic nitrogens is 1. The van der Waals surface area contributed by atoms with Crippen molar-refractivity contribution in [1.29, 1.82) is 0 Å². The van der Waals surface area contributed by atoms with Crippen molar-refractivity contribution in [1.82, 2.24) is 13.3 Å². The molecule has 1 aliphatic heterocycles. The zero-order chi connectivity index (χ0) is 28.0. The lowest BCUT2D eigenvalue weighted by atomic mass is 9.93. The molecule has 1 saturated heterocycles. The van der Waals surface area contributed by atoms with Crippen LogP contribution in [0, 0.1) is 12.8 Å². The van der Waals surface area contributed by atoms with Crippen molar-refractivity contribution in [3.05, 3.63) is 65.9 Å². The molecule has 0 bridgehead atoms. The summed E-state index contributed by atoms with van der Waals surface area (Å²) in [5.74, 6) is -2.53. The Morgan fingerprint density at radius 2 is 1.63 bits per heavy atom. The monoisotopic (exact) mass is 563 g/mol. The van der Waals surface area contributed by atoms with Gasteiger partial charge < -0.3 is 4.74 Å². The summed E-state index contributed by atoms with van der Waals surface area (Å²) < 4.78 is 60.7. The molecule has 0 spiro atoms. The van der Waals surface area contributed by atoms with Crippen molar-refractivity contribution in [2.45, 2.75) is 30.3 Å². The van der Waals surface area contributed by atoms with Crippen LogP contribution in [-0.2, 0) is 39.2 Å². The number of para-hydroxylation sites is 1. The highest BCUT2D eigenvalue weighted by Gasteiger charge is 2.55. The van der Waals surface area contributed by atoms with Gasteiger partial charge in [-0.25, -0.2) is 25.9 Å². The summed E-state index contributed by atoms with van der Waals surface area (Å²) in [6.45, 7) is 1.81. The van der Waals surface area contributed by atoms with Crippen LogP contribution in [-0.4, -0.2) is 75.6 Å². The Kier molecular flexibility index (Phi) is 7.40. The van der Waals surface area contributed by atoms with Crippen LogP contribution < -0.4 is 0 Å². The molecule has 0 N–H and O–H groups in total. The standard InChI is InChI=1S/C25H29N3O8S2/c1-16-10-12-17(13-11-16)38(33,34)28-22(24(29)26(2)36-4)14-19(25(30)35-3)23(28)20-15-27(37(5,31)32)21-9-7-6-8-18(20)21/h6-13,15,19,22-23H,14H2,1-5H3/t19-,22-,23+/m0/s1. The van der Waals surface area contributed by atoms with E-state index in [1.165, 1.54) is 39.6 Å². The second-order valence-electron chi connectivity index (χ2n) is 9.15. The van der Waals surface area contributed by atoms with E-state index in [0.717, 1.165) is 25.2 Å². The highest BCUT2D eigenvalue weighted by atomic mass is 32.2. The van der Waals surface area contributed by atoms with Crippen molar-refractivity contribution in [2.75, 3.05) is 27.5 Å². The molecule has 38 heavy (non-hydrogen) atoms. The number of carbonyl (C=O) groups excluding carboxylic acids is 2. The first kappa shape index (κ1) is 27.8. The Hall–Kier alpha value is -3.26. The third-order valence-electron chi connectivity index (χ3n) is 6.79. The molecule has 2 aromatic carbocycles. The summed E-state index contributed by atoms with van der Waals surface area (Å²) in [6.07, 6.45) is 2.13. The highest BCUT2D eigenvalue weighted by molar-refractivity contribution is 7.89. The van der Waals surface area contributed by atoms with Crippen LogP contribution in [0.2, 0.25) is 0 Å². The summed E-state index contributed by atoms with van der Waals surface area (Å²) in [4.78, 5) is 31.5. The van der Waals surface area contributed by atoms with E-state index in [2.05, 4.69) is 0 Å². The second-order valence-corrected chi connectivity index (χ2v) is 12.9. The number of esters is 1. The van der Waals surface area contributed by atoms with E-state index in [4.69, 9.17) is 9.57 Å². The molecule has 1 amide bonds. The number of methoxy groups -OCH3 is 1. The van der Waals surface area contributed by atoms with Crippen LogP contribution in [0.1, 0.15) is 23.6 Å². The lowest BCUT2D eigenvalue weighted by Gasteiger charge is -2.31. The molecule has 11 nitrogen and oxygen atoms in total. The first-order chi connectivity index (χ1) is 17.8. The highest BCUT2D eigenvalue weighted by Crippen LogP contribution is 2.48. The Morgan fingerprint density at radius 3 is 2.21 bits per heavy atom. The number of sulfonamides is 1. The van der Waals surface area contributed by atoms with Crippen LogP contribution in [0.5, 0.6) is 0 Å². The molecule has 0 aliphatic carbocycles. The molecule has 1 fully saturated rings. The van der Waals surface area contributed by atoms with Crippen LogP contribution >= 0.6 is 0 Å². The molecule has 3 aromatic rings. The Balaban J connectivity index is 2.04. The molecule has 204 valence electrons. The first-order valence-corrected chi connectivity index (χ1v) is 14.9. The third kappa shape index (κ3) is 4.70. The number of amides is 1. The molecular weight excluding hydrogens is 534 g/mol. The van der Waals surface area contributed by atoms with Crippen molar-refractivity contribution in [3.8, 4) is 0 Å². The Labute approximate surface area is 221 Å². The first-order valence-electron chi connectivity index (χ1n) is 11.6. The Bertz CT molecular complexity index is 1600. The van der Waals surface area contributed by atoms with Crippen LogP contribution in [0.15, 0.2) is 59.6 Å². The molecule has 13 heteroatoms. The van der Waals surface area contributed by atoms with Gasteiger partial charge in [-0.05, 0) is 37.1 Å². The van der Waals surface area contributed by atoms with Gasteiger partial charge in [0.15, 0.2) is 0 Å². The van der Waals surface area contributed by atoms with Crippen molar-refractivity contribution >= 4 is 42.8 Å². The zero-order valence-corrected chi connectivity index (χ0v) is 23.2. The van der Waals surface area contributed by atoms with Gasteiger partial charge in [0.1, 0.15) is 6.04 Å². The maximum atomic E-state index is 14.2. The molecule has 0 saturated carbocycles. The van der Waals surface area contributed by atoms with E-state index >= 15 is 0 Å². The lowest BCUT2D eigenvalue weighted by Crippen LogP contribution is -2.47. The molecule has 1 aromatic heterocycles. The molecule has 1 aliphatic rings. The minimum Gasteiger partial charge on any atom is -0.469 e. The van der Waals surface area contributed by atoms with E-state index in [1.54, 1.807) is 36.4 Å². The number of benzene rings is 2. The van der Waals surface area contributed by atoms with Gasteiger partial charge in [-0.1, -0.05) is 35.9 Å². The van der Waals surface area contributed by atoms with Gasteiger partial charge in [0.05, 0.1) is 42.8 Å². The number of aryl methyl sites for hydroxylation is 1. The molecule has 4 rings (SSSR count). The Morgan fingerprint density at radius 1 is 1.00 bits per heavy atom. The fourth-order valence-corrected chi connectivity index (χ4v) is 7.53. The lowest BCUT2D eigenvalue weighted by molar-refractivity contribution is -0.172. The summed E-state index contributed by atoms with van der Waals surface area (Å²) in [6, 6.07) is 10.1. The molecule has 0 unspecified atom stereocenters. The number of rotatable bonds is 7. The van der Waals surface area contributed by atoms with E-state index in [1.807, 2.05) is 6.92 Å². The smallest absolute Gasteiger partial charge is 0.310 e. The average Bonchev–Trinajstić information content (AvgIpc) is 3.47. The third-order valence-corrected chi connectivity index (χ3v) is 9.72. The van der Waals surface area contributed by atoms with Gasteiger partial charge in [-0.2, -0.15) is 4.31 Å². The molecular formula is C25H29N3O8S2. The number of carbonyl (C=O) groups is 2. The number of ether oxygens (including phenoxy) is 1. The van der Waals surface area contributed by atoms with Crippen molar-refractivity contribution in [3.63, 3.8) is 0 Å². The van der Waals surface area contributed by atoms with Crippen molar-refractivity contribution < 1.29 is 36.0 Å². The average molecular weight is 564 g/mol. The quantitative estimate of drug-likeness (QED) is 0.315. The van der Waals surface area contributed by atoms with Gasteiger partial charge in [-0.15, -0.1) is 0 Å². The van der Waals surface area contributed by atoms with Gasteiger partial charge in [0.25, 0.3) is 5.91 Å². The second kappa shape index (κ2) is 10.1. The topological polar surface area (TPSA) is 132 Å². The fourth-order valence-electron chi connectivity index (χ4n) is 4.92. The summed E-state index contributed by atoms with van der Waals surface area (Å²) in [7, 11) is -4.41. The van der Waals surface area contributed by atoms with E-state index in [9.17, 15) is 26.4 Å². The summed E-state index contributed by atoms with van der Waals surface area (Å²) in [5, 5.41) is 1.33. The minimum atomic E-state index is -4.39. The number of likely N-dealkylation sites (N-methyl/N-ethyl adjacent to an activating group) is 1. The van der Waals surface area contributed by atoms with E-state index in [-0.39, 0.29) is 16.9 Å². The molecule has 3 atom stereocenters. The fraction of sp³-hybridized carbons (Fsp3) is 0.360. The summed E-state index contributed by atoms with van der Waals surface area (Å²) >= 11 is 0. The number of hydrogen-bond donors (Lipinski definition) is 0. The number of hydrogen-bond acceptors (Lipinski definition) is 8. The largest absolute Gasteiger partial charge is 0.469 e. The summed E-state index contributed by atoms with van der Waals surface area (Å²) in [5.41, 5.74) is 1.40. The van der Waals surface area contributed by atoms with Crippen LogP contribution in [0.4, 0.5) is 0 Å². The van der Waals surface area contributed by atoms with Gasteiger partial charge in [0.2, 0.25) is 20.0 Å². The number of fused-ring (bicyclic) bond motifs is 1. The van der Waals surface area contributed by atoms with E-state index < -0.39 is 49.9 Å². The van der Waals surface area contributed by atoms with Gasteiger partial charge in [0, 0.05) is 18.6 Å². The van der Waals surface area contributed by atoms with Crippen molar-refractivity contribution in [2.24, 2.45) is 5.92 Å².